The number of alkyl halides is 1. The number of thioether (sulfide) groups is 1. The molecule has 0 aliphatic carbocycles. The molecule has 2 nitrogen and oxygen atoms in total. The fraction of sp³-hybridized carbons (Fsp3) is 0.222. The molecule has 1 unspecified atom stereocenters. The summed E-state index contributed by atoms with van der Waals surface area (Å²) < 4.78 is 0. The molecule has 0 radical (unpaired) electrons. The molecule has 0 spiro atoms. The molecule has 0 heterocycles. The first kappa shape index (κ1) is 11.7. The smallest absolute Gasteiger partial charge is 0.322 e. The molecule has 0 aliphatic rings. The standard InChI is InChI=1S/C9H8Cl2O2S/c10-6-1-3-7(4-2-6)14-5-8(11)9(12)13/h1-4,8H,5H2,(H,12,13). The van der Waals surface area contributed by atoms with Crippen LogP contribution in [-0.4, -0.2) is 22.2 Å². The van der Waals surface area contributed by atoms with E-state index in [1.165, 1.54) is 11.8 Å². The van der Waals surface area contributed by atoms with Crippen molar-refractivity contribution in [1.29, 1.82) is 0 Å². The molecule has 1 N–H and O–H groups in total. The van der Waals surface area contributed by atoms with Crippen LogP contribution in [0.15, 0.2) is 29.2 Å². The van der Waals surface area contributed by atoms with E-state index in [-0.39, 0.29) is 0 Å². The Morgan fingerprint density at radius 1 is 1.43 bits per heavy atom. The lowest BCUT2D eigenvalue weighted by molar-refractivity contribution is -0.136. The Labute approximate surface area is 96.2 Å². The Balaban J connectivity index is 2.46. The van der Waals surface area contributed by atoms with E-state index in [4.69, 9.17) is 28.3 Å². The third-order valence-corrected chi connectivity index (χ3v) is 3.36. The topological polar surface area (TPSA) is 37.3 Å². The molecule has 0 saturated carbocycles. The van der Waals surface area contributed by atoms with Crippen molar-refractivity contribution in [3.8, 4) is 0 Å². The van der Waals surface area contributed by atoms with Crippen molar-refractivity contribution < 1.29 is 9.90 Å². The minimum absolute atomic E-state index is 0.346. The summed E-state index contributed by atoms with van der Waals surface area (Å²) in [7, 11) is 0. The molecule has 1 atom stereocenters. The lowest BCUT2D eigenvalue weighted by atomic mass is 10.4. The first-order valence-corrected chi connectivity index (χ1v) is 5.65. The average Bonchev–Trinajstić information content (AvgIpc) is 2.16. The van der Waals surface area contributed by atoms with E-state index < -0.39 is 11.3 Å². The Morgan fingerprint density at radius 3 is 2.50 bits per heavy atom. The highest BCUT2D eigenvalue weighted by Crippen LogP contribution is 2.22. The second kappa shape index (κ2) is 5.49. The van der Waals surface area contributed by atoms with Crippen LogP contribution in [-0.2, 0) is 4.79 Å². The maximum absolute atomic E-state index is 10.4. The predicted molar refractivity (Wildman–Crippen MR) is 59.5 cm³/mol. The van der Waals surface area contributed by atoms with Crippen molar-refractivity contribution in [3.63, 3.8) is 0 Å². The average molecular weight is 251 g/mol. The summed E-state index contributed by atoms with van der Waals surface area (Å²) in [4.78, 5) is 11.4. The molecular formula is C9H8Cl2O2S. The van der Waals surface area contributed by atoms with Crippen LogP contribution in [0.3, 0.4) is 0 Å². The maximum Gasteiger partial charge on any atom is 0.322 e. The molecule has 1 aromatic carbocycles. The van der Waals surface area contributed by atoms with Crippen molar-refractivity contribution in [3.05, 3.63) is 29.3 Å². The van der Waals surface area contributed by atoms with Crippen molar-refractivity contribution in [2.75, 3.05) is 5.75 Å². The number of aliphatic carboxylic acids is 1. The highest BCUT2D eigenvalue weighted by atomic mass is 35.5. The summed E-state index contributed by atoms with van der Waals surface area (Å²) >= 11 is 12.6. The summed E-state index contributed by atoms with van der Waals surface area (Å²) in [5.74, 6) is -0.647. The van der Waals surface area contributed by atoms with Gasteiger partial charge in [-0.1, -0.05) is 11.6 Å². The van der Waals surface area contributed by atoms with Gasteiger partial charge in [0.1, 0.15) is 5.38 Å². The quantitative estimate of drug-likeness (QED) is 0.659. The number of benzene rings is 1. The number of carboxylic acid groups (broad SMARTS) is 1. The van der Waals surface area contributed by atoms with E-state index >= 15 is 0 Å². The second-order valence-electron chi connectivity index (χ2n) is 2.57. The Bertz CT molecular complexity index is 313. The van der Waals surface area contributed by atoms with Gasteiger partial charge in [0.25, 0.3) is 0 Å². The van der Waals surface area contributed by atoms with Gasteiger partial charge in [0.05, 0.1) is 0 Å². The Kier molecular flexibility index (Phi) is 4.58. The molecule has 0 aromatic heterocycles. The number of hydrogen-bond donors (Lipinski definition) is 1. The third kappa shape index (κ3) is 3.78. The molecular weight excluding hydrogens is 243 g/mol. The van der Waals surface area contributed by atoms with E-state index in [0.29, 0.717) is 10.8 Å². The van der Waals surface area contributed by atoms with Crippen LogP contribution in [0.2, 0.25) is 5.02 Å². The lowest BCUT2D eigenvalue weighted by Gasteiger charge is -2.03. The fourth-order valence-electron chi connectivity index (χ4n) is 0.771. The van der Waals surface area contributed by atoms with Crippen molar-refractivity contribution in [2.24, 2.45) is 0 Å². The maximum atomic E-state index is 10.4. The Hall–Kier alpha value is -0.380. The molecule has 1 rings (SSSR count). The minimum Gasteiger partial charge on any atom is -0.480 e. The van der Waals surface area contributed by atoms with Crippen LogP contribution in [0.25, 0.3) is 0 Å². The van der Waals surface area contributed by atoms with E-state index in [1.807, 2.05) is 12.1 Å². The van der Waals surface area contributed by atoms with Gasteiger partial charge in [0, 0.05) is 15.7 Å². The summed E-state index contributed by atoms with van der Waals surface area (Å²) in [6, 6.07) is 7.18. The van der Waals surface area contributed by atoms with Crippen LogP contribution in [0.4, 0.5) is 0 Å². The summed E-state index contributed by atoms with van der Waals surface area (Å²) in [6.45, 7) is 0. The summed E-state index contributed by atoms with van der Waals surface area (Å²) in [6.07, 6.45) is 0. The van der Waals surface area contributed by atoms with Crippen LogP contribution in [0.5, 0.6) is 0 Å². The number of rotatable bonds is 4. The number of halogens is 2. The molecule has 0 fully saturated rings. The van der Waals surface area contributed by atoms with Gasteiger partial charge >= 0.3 is 5.97 Å². The SMILES string of the molecule is O=C(O)C(Cl)CSc1ccc(Cl)cc1. The van der Waals surface area contributed by atoms with Gasteiger partial charge < -0.3 is 5.11 Å². The lowest BCUT2D eigenvalue weighted by Crippen LogP contribution is -2.15. The minimum atomic E-state index is -0.992. The molecule has 0 bridgehead atoms. The zero-order chi connectivity index (χ0) is 10.6. The van der Waals surface area contributed by atoms with Crippen molar-refractivity contribution in [1.82, 2.24) is 0 Å². The van der Waals surface area contributed by atoms with Gasteiger partial charge in [-0.3, -0.25) is 4.79 Å². The molecule has 0 amide bonds. The second-order valence-corrected chi connectivity index (χ2v) is 4.63. The van der Waals surface area contributed by atoms with Gasteiger partial charge in [-0.25, -0.2) is 0 Å². The summed E-state index contributed by atoms with van der Waals surface area (Å²) in [5.41, 5.74) is 0. The van der Waals surface area contributed by atoms with Gasteiger partial charge in [-0.15, -0.1) is 23.4 Å². The molecule has 14 heavy (non-hydrogen) atoms. The zero-order valence-corrected chi connectivity index (χ0v) is 9.44. The number of carbonyl (C=O) groups is 1. The third-order valence-electron chi connectivity index (χ3n) is 1.48. The number of hydrogen-bond acceptors (Lipinski definition) is 2. The predicted octanol–water partition coefficient (Wildman–Crippen LogP) is 3.12. The van der Waals surface area contributed by atoms with Crippen molar-refractivity contribution >= 4 is 40.9 Å². The molecule has 76 valence electrons. The Morgan fingerprint density at radius 2 is 2.00 bits per heavy atom. The van der Waals surface area contributed by atoms with Crippen LogP contribution in [0, 0.1) is 0 Å². The van der Waals surface area contributed by atoms with Crippen LogP contribution in [0.1, 0.15) is 0 Å². The van der Waals surface area contributed by atoms with E-state index in [1.54, 1.807) is 12.1 Å². The first-order valence-electron chi connectivity index (χ1n) is 3.85. The van der Waals surface area contributed by atoms with Gasteiger partial charge in [-0.05, 0) is 24.3 Å². The molecule has 0 aliphatic heterocycles. The van der Waals surface area contributed by atoms with Crippen LogP contribution < -0.4 is 0 Å². The van der Waals surface area contributed by atoms with E-state index in [9.17, 15) is 4.79 Å². The first-order chi connectivity index (χ1) is 6.59. The zero-order valence-electron chi connectivity index (χ0n) is 7.11. The van der Waals surface area contributed by atoms with Gasteiger partial charge in [0.15, 0.2) is 0 Å². The summed E-state index contributed by atoms with van der Waals surface area (Å²) in [5, 5.41) is 8.35. The van der Waals surface area contributed by atoms with Crippen LogP contribution >= 0.6 is 35.0 Å². The molecule has 5 heteroatoms. The number of carboxylic acids is 1. The largest absolute Gasteiger partial charge is 0.480 e. The van der Waals surface area contributed by atoms with Gasteiger partial charge in [0.2, 0.25) is 0 Å². The van der Waals surface area contributed by atoms with E-state index in [2.05, 4.69) is 0 Å². The highest BCUT2D eigenvalue weighted by molar-refractivity contribution is 7.99. The van der Waals surface area contributed by atoms with Crippen molar-refractivity contribution in [2.45, 2.75) is 10.3 Å². The normalized spacial score (nSPS) is 12.4. The monoisotopic (exact) mass is 250 g/mol. The van der Waals surface area contributed by atoms with E-state index in [0.717, 1.165) is 4.90 Å². The van der Waals surface area contributed by atoms with Gasteiger partial charge in [-0.2, -0.15) is 0 Å². The molecule has 1 aromatic rings. The fourth-order valence-corrected chi connectivity index (χ4v) is 1.90. The highest BCUT2D eigenvalue weighted by Gasteiger charge is 2.13. The molecule has 0 saturated heterocycles.